The van der Waals surface area contributed by atoms with Crippen molar-refractivity contribution in [2.24, 2.45) is 0 Å². The standard InChI is InChI=1S/C22H29F2N4O7PS2/c23-19-1-5-21(6-2-19)25-9-13-27(14-10-25)37(30,31)17-34-36(29)35-18-38(32,33)28-15-11-26(12-16-28)22-7-3-20(24)4-8-22/h1-8,36H,9-18H2. The highest BCUT2D eigenvalue weighted by Gasteiger charge is 2.30. The highest BCUT2D eigenvalue weighted by molar-refractivity contribution is 7.89. The molecule has 0 amide bonds. The Kier molecular flexibility index (Phi) is 9.40. The SMILES string of the molecule is O=[PH](OCS(=O)(=O)N1CCN(c2ccc(F)cc2)CC1)OCS(=O)(=O)N1CCN(c2ccc(F)cc2)CC1. The second-order valence-electron chi connectivity index (χ2n) is 8.72. The first-order valence-corrected chi connectivity index (χ1v) is 16.2. The molecule has 0 unspecified atom stereocenters. The Hall–Kier alpha value is -2.13. The van der Waals surface area contributed by atoms with Crippen molar-refractivity contribution in [1.82, 2.24) is 8.61 Å². The fourth-order valence-corrected chi connectivity index (χ4v) is 7.97. The summed E-state index contributed by atoms with van der Waals surface area (Å²) >= 11 is 0. The molecule has 210 valence electrons. The van der Waals surface area contributed by atoms with Crippen molar-refractivity contribution in [3.63, 3.8) is 0 Å². The zero-order valence-corrected chi connectivity index (χ0v) is 23.0. The molecule has 0 atom stereocenters. The normalized spacial score (nSPS) is 18.3. The molecule has 2 saturated heterocycles. The first kappa shape index (κ1) is 28.9. The summed E-state index contributed by atoms with van der Waals surface area (Å²) in [5, 5.41) is 0. The predicted octanol–water partition coefficient (Wildman–Crippen LogP) is 1.91. The molecule has 4 rings (SSSR count). The number of nitrogens with zero attached hydrogens (tertiary/aromatic N) is 4. The van der Waals surface area contributed by atoms with E-state index in [1.807, 2.05) is 9.80 Å². The van der Waals surface area contributed by atoms with E-state index in [0.717, 1.165) is 11.4 Å². The molecule has 0 aliphatic carbocycles. The molecule has 2 aliphatic heterocycles. The van der Waals surface area contributed by atoms with E-state index < -0.39 is 40.2 Å². The molecule has 0 spiro atoms. The average molecular weight is 595 g/mol. The quantitative estimate of drug-likeness (QED) is 0.381. The number of hydrogen-bond donors (Lipinski definition) is 0. The molecule has 2 heterocycles. The van der Waals surface area contributed by atoms with Crippen molar-refractivity contribution in [2.45, 2.75) is 0 Å². The third kappa shape index (κ3) is 7.50. The predicted molar refractivity (Wildman–Crippen MR) is 139 cm³/mol. The summed E-state index contributed by atoms with van der Waals surface area (Å²) < 4.78 is 101. The van der Waals surface area contributed by atoms with Crippen LogP contribution in [0.4, 0.5) is 20.2 Å². The van der Waals surface area contributed by atoms with E-state index in [-0.39, 0.29) is 37.8 Å². The number of benzene rings is 2. The van der Waals surface area contributed by atoms with Gasteiger partial charge in [-0.15, -0.1) is 0 Å². The Balaban J connectivity index is 1.19. The third-order valence-electron chi connectivity index (χ3n) is 6.30. The van der Waals surface area contributed by atoms with Crippen LogP contribution in [0.5, 0.6) is 0 Å². The lowest BCUT2D eigenvalue weighted by atomic mass is 10.2. The van der Waals surface area contributed by atoms with Crippen LogP contribution in [0.3, 0.4) is 0 Å². The Morgan fingerprint density at radius 1 is 0.605 bits per heavy atom. The van der Waals surface area contributed by atoms with E-state index in [4.69, 9.17) is 9.05 Å². The molecule has 2 aromatic carbocycles. The smallest absolute Gasteiger partial charge is 0.321 e. The highest BCUT2D eigenvalue weighted by Crippen LogP contribution is 2.27. The van der Waals surface area contributed by atoms with Gasteiger partial charge in [0.1, 0.15) is 11.6 Å². The molecule has 0 bridgehead atoms. The minimum absolute atomic E-state index is 0.156. The van der Waals surface area contributed by atoms with Crippen LogP contribution in [0.15, 0.2) is 48.5 Å². The van der Waals surface area contributed by atoms with Crippen LogP contribution in [-0.2, 0) is 33.7 Å². The maximum absolute atomic E-state index is 13.1. The van der Waals surface area contributed by atoms with Crippen LogP contribution < -0.4 is 9.80 Å². The van der Waals surface area contributed by atoms with E-state index in [2.05, 4.69) is 0 Å². The van der Waals surface area contributed by atoms with E-state index in [9.17, 15) is 30.2 Å². The first-order chi connectivity index (χ1) is 18.0. The van der Waals surface area contributed by atoms with Gasteiger partial charge in [-0.25, -0.2) is 25.6 Å². The molecular formula is C22H29F2N4O7PS2. The Morgan fingerprint density at radius 3 is 1.24 bits per heavy atom. The molecule has 38 heavy (non-hydrogen) atoms. The van der Waals surface area contributed by atoms with Gasteiger partial charge in [0.25, 0.3) is 0 Å². The third-order valence-corrected chi connectivity index (χ3v) is 10.6. The lowest BCUT2D eigenvalue weighted by Gasteiger charge is -2.35. The number of sulfonamides is 2. The number of hydrogen-bond acceptors (Lipinski definition) is 9. The van der Waals surface area contributed by atoms with Gasteiger partial charge in [-0.2, -0.15) is 8.61 Å². The topological polar surface area (TPSA) is 117 Å². The van der Waals surface area contributed by atoms with E-state index in [0.29, 0.717) is 26.2 Å². The maximum atomic E-state index is 13.1. The summed E-state index contributed by atoms with van der Waals surface area (Å²) in [6.45, 7) is 2.14. The van der Waals surface area contributed by atoms with E-state index >= 15 is 0 Å². The van der Waals surface area contributed by atoms with Crippen molar-refractivity contribution in [3.8, 4) is 0 Å². The van der Waals surface area contributed by atoms with Gasteiger partial charge in [0.05, 0.1) is 0 Å². The Bertz CT molecular complexity index is 1210. The van der Waals surface area contributed by atoms with Crippen LogP contribution in [-0.4, -0.2) is 89.7 Å². The Labute approximate surface area is 221 Å². The second-order valence-corrected chi connectivity index (χ2v) is 13.6. The van der Waals surface area contributed by atoms with Crippen molar-refractivity contribution in [3.05, 3.63) is 60.2 Å². The number of piperazine rings is 2. The van der Waals surface area contributed by atoms with Crippen molar-refractivity contribution in [2.75, 3.05) is 74.0 Å². The summed E-state index contributed by atoms with van der Waals surface area (Å²) in [4.78, 5) is 3.84. The second kappa shape index (κ2) is 12.4. The molecule has 2 aromatic rings. The summed E-state index contributed by atoms with van der Waals surface area (Å²) in [6.07, 6.45) is 0. The van der Waals surface area contributed by atoms with Crippen LogP contribution >= 0.6 is 8.25 Å². The molecule has 2 fully saturated rings. The van der Waals surface area contributed by atoms with Gasteiger partial charge in [-0.1, -0.05) is 0 Å². The van der Waals surface area contributed by atoms with Gasteiger partial charge < -0.3 is 9.80 Å². The Morgan fingerprint density at radius 2 is 0.921 bits per heavy atom. The van der Waals surface area contributed by atoms with Gasteiger partial charge in [0, 0.05) is 63.7 Å². The number of halogens is 2. The van der Waals surface area contributed by atoms with Crippen LogP contribution in [0.1, 0.15) is 0 Å². The average Bonchev–Trinajstić information content (AvgIpc) is 2.92. The number of rotatable bonds is 10. The van der Waals surface area contributed by atoms with Gasteiger partial charge in [0.2, 0.25) is 20.0 Å². The molecule has 2 aliphatic rings. The van der Waals surface area contributed by atoms with Gasteiger partial charge in [-0.3, -0.25) is 13.6 Å². The molecule has 16 heteroatoms. The zero-order chi connectivity index (χ0) is 27.3. The molecule has 0 radical (unpaired) electrons. The van der Waals surface area contributed by atoms with Crippen molar-refractivity contribution in [1.29, 1.82) is 0 Å². The van der Waals surface area contributed by atoms with Crippen LogP contribution in [0, 0.1) is 11.6 Å². The van der Waals surface area contributed by atoms with Crippen LogP contribution in [0.25, 0.3) is 0 Å². The van der Waals surface area contributed by atoms with Crippen molar-refractivity contribution >= 4 is 39.7 Å². The van der Waals surface area contributed by atoms with Gasteiger partial charge in [0.15, 0.2) is 11.9 Å². The molecule has 0 aromatic heterocycles. The minimum Gasteiger partial charge on any atom is -0.369 e. The highest BCUT2D eigenvalue weighted by atomic mass is 32.2. The van der Waals surface area contributed by atoms with E-state index in [1.54, 1.807) is 24.3 Å². The fourth-order valence-electron chi connectivity index (χ4n) is 4.19. The largest absolute Gasteiger partial charge is 0.369 e. The lowest BCUT2D eigenvalue weighted by Crippen LogP contribution is -2.49. The zero-order valence-electron chi connectivity index (χ0n) is 20.4. The summed E-state index contributed by atoms with van der Waals surface area (Å²) in [7, 11) is -11.2. The molecular weight excluding hydrogens is 565 g/mol. The van der Waals surface area contributed by atoms with E-state index in [1.165, 1.54) is 32.9 Å². The number of anilines is 2. The lowest BCUT2D eigenvalue weighted by molar-refractivity contribution is 0.262. The monoisotopic (exact) mass is 594 g/mol. The summed E-state index contributed by atoms with van der Waals surface area (Å²) in [5.41, 5.74) is 1.55. The molecule has 0 N–H and O–H groups in total. The first-order valence-electron chi connectivity index (χ1n) is 11.8. The minimum atomic E-state index is -3.92. The summed E-state index contributed by atoms with van der Waals surface area (Å²) in [5.74, 6) is -2.53. The van der Waals surface area contributed by atoms with Gasteiger partial charge in [-0.05, 0) is 48.5 Å². The fraction of sp³-hybridized carbons (Fsp3) is 0.455. The van der Waals surface area contributed by atoms with Gasteiger partial charge >= 0.3 is 8.25 Å². The molecule has 0 saturated carbocycles. The van der Waals surface area contributed by atoms with Crippen LogP contribution in [0.2, 0.25) is 0 Å². The molecule has 11 nitrogen and oxygen atoms in total. The maximum Gasteiger partial charge on any atom is 0.321 e. The van der Waals surface area contributed by atoms with Crippen molar-refractivity contribution < 1.29 is 39.2 Å². The summed E-state index contributed by atoms with van der Waals surface area (Å²) in [6, 6.07) is 11.8.